The van der Waals surface area contributed by atoms with E-state index in [1.807, 2.05) is 23.9 Å². The molecule has 3 rings (SSSR count). The normalized spacial score (nSPS) is 15.8. The van der Waals surface area contributed by atoms with Crippen molar-refractivity contribution in [3.05, 3.63) is 35.5 Å². The van der Waals surface area contributed by atoms with Gasteiger partial charge in [-0.15, -0.1) is 0 Å². The minimum absolute atomic E-state index is 0.698. The number of aromatic nitrogens is 3. The number of rotatable bonds is 3. The molecule has 0 radical (unpaired) electrons. The molecule has 0 aromatic carbocycles. The molecular weight excluding hydrogens is 190 g/mol. The van der Waals surface area contributed by atoms with E-state index in [0.717, 1.165) is 11.5 Å². The van der Waals surface area contributed by atoms with Crippen LogP contribution in [0.3, 0.4) is 0 Å². The maximum Gasteiger partial charge on any atom is 0.133 e. The summed E-state index contributed by atoms with van der Waals surface area (Å²) in [6.07, 6.45) is 4.60. The second-order valence-electron chi connectivity index (χ2n) is 4.14. The summed E-state index contributed by atoms with van der Waals surface area (Å²) in [6, 6.07) is 4.04. The molecule has 0 amide bonds. The van der Waals surface area contributed by atoms with Crippen LogP contribution in [-0.4, -0.2) is 14.9 Å². The minimum atomic E-state index is 0.698. The lowest BCUT2D eigenvalue weighted by Gasteiger charge is -1.95. The molecule has 15 heavy (non-hydrogen) atoms. The Hall–Kier alpha value is -1.58. The Kier molecular flexibility index (Phi) is 1.87. The third kappa shape index (κ3) is 1.79. The lowest BCUT2D eigenvalue weighted by atomic mass is 10.3. The second kappa shape index (κ2) is 3.22. The van der Waals surface area contributed by atoms with Crippen LogP contribution in [0.4, 0.5) is 0 Å². The monoisotopic (exact) mass is 203 g/mol. The molecule has 0 atom stereocenters. The van der Waals surface area contributed by atoms with Gasteiger partial charge in [0.1, 0.15) is 11.5 Å². The van der Waals surface area contributed by atoms with E-state index in [1.54, 1.807) is 0 Å². The van der Waals surface area contributed by atoms with Gasteiger partial charge in [0, 0.05) is 18.2 Å². The van der Waals surface area contributed by atoms with E-state index in [4.69, 9.17) is 4.52 Å². The topological polar surface area (TPSA) is 43.9 Å². The molecule has 1 saturated carbocycles. The maximum atomic E-state index is 5.01. The number of nitrogens with zero attached hydrogens (tertiary/aromatic N) is 3. The summed E-state index contributed by atoms with van der Waals surface area (Å²) in [6.45, 7) is 2.60. The van der Waals surface area contributed by atoms with Crippen LogP contribution in [0.1, 0.15) is 35.9 Å². The van der Waals surface area contributed by atoms with Crippen LogP contribution in [0.15, 0.2) is 22.9 Å². The molecule has 0 unspecified atom stereocenters. The summed E-state index contributed by atoms with van der Waals surface area (Å²) >= 11 is 0. The van der Waals surface area contributed by atoms with Crippen molar-refractivity contribution in [3.8, 4) is 0 Å². The fourth-order valence-electron chi connectivity index (χ4n) is 1.72. The maximum absolute atomic E-state index is 5.01. The van der Waals surface area contributed by atoms with Crippen LogP contribution in [-0.2, 0) is 6.54 Å². The van der Waals surface area contributed by atoms with Crippen molar-refractivity contribution in [2.45, 2.75) is 32.2 Å². The van der Waals surface area contributed by atoms with E-state index in [9.17, 15) is 0 Å². The summed E-state index contributed by atoms with van der Waals surface area (Å²) in [7, 11) is 0. The van der Waals surface area contributed by atoms with E-state index < -0.39 is 0 Å². The second-order valence-corrected chi connectivity index (χ2v) is 4.14. The largest absolute Gasteiger partial charge is 0.361 e. The van der Waals surface area contributed by atoms with Gasteiger partial charge in [-0.3, -0.25) is 4.68 Å². The van der Waals surface area contributed by atoms with Crippen LogP contribution in [0.25, 0.3) is 0 Å². The highest BCUT2D eigenvalue weighted by Crippen LogP contribution is 2.38. The van der Waals surface area contributed by atoms with Crippen LogP contribution >= 0.6 is 0 Å². The van der Waals surface area contributed by atoms with Crippen molar-refractivity contribution >= 4 is 0 Å². The van der Waals surface area contributed by atoms with E-state index in [-0.39, 0.29) is 0 Å². The van der Waals surface area contributed by atoms with E-state index >= 15 is 0 Å². The van der Waals surface area contributed by atoms with Gasteiger partial charge >= 0.3 is 0 Å². The molecule has 0 bridgehead atoms. The molecule has 1 aliphatic rings. The van der Waals surface area contributed by atoms with E-state index in [2.05, 4.69) is 16.3 Å². The molecule has 1 fully saturated rings. The average molecular weight is 203 g/mol. The fraction of sp³-hybridized carbons (Fsp3) is 0.455. The van der Waals surface area contributed by atoms with Gasteiger partial charge in [0.15, 0.2) is 0 Å². The molecule has 2 aromatic heterocycles. The molecule has 0 N–H and O–H groups in total. The predicted molar refractivity (Wildman–Crippen MR) is 54.5 cm³/mol. The Morgan fingerprint density at radius 3 is 3.07 bits per heavy atom. The summed E-state index contributed by atoms with van der Waals surface area (Å²) in [5, 5.41) is 8.46. The smallest absolute Gasteiger partial charge is 0.133 e. The lowest BCUT2D eigenvalue weighted by molar-refractivity contribution is 0.387. The molecule has 2 heterocycles. The van der Waals surface area contributed by atoms with Gasteiger partial charge < -0.3 is 4.52 Å². The molecule has 78 valence electrons. The van der Waals surface area contributed by atoms with E-state index in [1.165, 1.54) is 18.5 Å². The summed E-state index contributed by atoms with van der Waals surface area (Å²) < 4.78 is 6.93. The first-order valence-electron chi connectivity index (χ1n) is 5.27. The van der Waals surface area contributed by atoms with Crippen LogP contribution < -0.4 is 0 Å². The first-order valence-corrected chi connectivity index (χ1v) is 5.27. The van der Waals surface area contributed by atoms with Crippen molar-refractivity contribution in [1.82, 2.24) is 14.9 Å². The first-order chi connectivity index (χ1) is 7.31. The standard InChI is InChI=1S/C11H13N3O/c1-8-6-10(13-15-8)7-14-5-4-11(12-14)9-2-3-9/h4-6,9H,2-3,7H2,1H3. The molecule has 2 aromatic rings. The van der Waals surface area contributed by atoms with Crippen molar-refractivity contribution in [3.63, 3.8) is 0 Å². The Balaban J connectivity index is 1.75. The Morgan fingerprint density at radius 1 is 1.53 bits per heavy atom. The van der Waals surface area contributed by atoms with Crippen molar-refractivity contribution in [2.24, 2.45) is 0 Å². The van der Waals surface area contributed by atoms with Gasteiger partial charge in [0.2, 0.25) is 0 Å². The highest BCUT2D eigenvalue weighted by molar-refractivity contribution is 5.13. The van der Waals surface area contributed by atoms with E-state index in [0.29, 0.717) is 12.5 Å². The predicted octanol–water partition coefficient (Wildman–Crippen LogP) is 2.11. The Labute approximate surface area is 87.9 Å². The Bertz CT molecular complexity index is 468. The van der Waals surface area contributed by atoms with Gasteiger partial charge in [-0.05, 0) is 25.8 Å². The molecule has 4 nitrogen and oxygen atoms in total. The molecule has 0 aliphatic heterocycles. The third-order valence-electron chi connectivity index (χ3n) is 2.66. The average Bonchev–Trinajstić information content (AvgIpc) is 2.84. The summed E-state index contributed by atoms with van der Waals surface area (Å²) in [4.78, 5) is 0. The Morgan fingerprint density at radius 2 is 2.40 bits per heavy atom. The fourth-order valence-corrected chi connectivity index (χ4v) is 1.72. The van der Waals surface area contributed by atoms with Gasteiger partial charge in [0.25, 0.3) is 0 Å². The molecule has 0 spiro atoms. The zero-order valence-corrected chi connectivity index (χ0v) is 8.68. The third-order valence-corrected chi connectivity index (χ3v) is 2.66. The molecule has 4 heteroatoms. The van der Waals surface area contributed by atoms with Gasteiger partial charge in [-0.25, -0.2) is 0 Å². The van der Waals surface area contributed by atoms with Gasteiger partial charge in [0.05, 0.1) is 12.2 Å². The molecular formula is C11H13N3O. The van der Waals surface area contributed by atoms with Crippen molar-refractivity contribution in [1.29, 1.82) is 0 Å². The quantitative estimate of drug-likeness (QED) is 0.767. The van der Waals surface area contributed by atoms with Crippen LogP contribution in [0, 0.1) is 6.92 Å². The van der Waals surface area contributed by atoms with Crippen LogP contribution in [0.5, 0.6) is 0 Å². The van der Waals surface area contributed by atoms with Crippen molar-refractivity contribution in [2.75, 3.05) is 0 Å². The zero-order valence-electron chi connectivity index (χ0n) is 8.68. The number of hydrogen-bond acceptors (Lipinski definition) is 3. The number of aryl methyl sites for hydroxylation is 1. The summed E-state index contributed by atoms with van der Waals surface area (Å²) in [5.74, 6) is 1.56. The van der Waals surface area contributed by atoms with Gasteiger partial charge in [-0.2, -0.15) is 5.10 Å². The first kappa shape index (κ1) is 8.71. The molecule has 1 aliphatic carbocycles. The molecule has 0 saturated heterocycles. The SMILES string of the molecule is Cc1cc(Cn2ccc(C3CC3)n2)no1. The zero-order chi connectivity index (χ0) is 10.3. The van der Waals surface area contributed by atoms with Crippen molar-refractivity contribution < 1.29 is 4.52 Å². The lowest BCUT2D eigenvalue weighted by Crippen LogP contribution is -2.00. The van der Waals surface area contributed by atoms with Gasteiger partial charge in [-0.1, -0.05) is 5.16 Å². The highest BCUT2D eigenvalue weighted by Gasteiger charge is 2.25. The highest BCUT2D eigenvalue weighted by atomic mass is 16.5. The minimum Gasteiger partial charge on any atom is -0.361 e. The van der Waals surface area contributed by atoms with Crippen LogP contribution in [0.2, 0.25) is 0 Å². The number of hydrogen-bond donors (Lipinski definition) is 0. The summed E-state index contributed by atoms with van der Waals surface area (Å²) in [5.41, 5.74) is 2.15.